The van der Waals surface area contributed by atoms with E-state index in [2.05, 4.69) is 17.6 Å². The van der Waals surface area contributed by atoms with Crippen LogP contribution in [-0.2, 0) is 0 Å². The average molecular weight is 309 g/mol. The highest BCUT2D eigenvalue weighted by molar-refractivity contribution is 6.31. The maximum absolute atomic E-state index is 12.5. The van der Waals surface area contributed by atoms with Crippen molar-refractivity contribution in [1.82, 2.24) is 5.32 Å². The van der Waals surface area contributed by atoms with Crippen LogP contribution in [0.1, 0.15) is 56.3 Å². The van der Waals surface area contributed by atoms with Crippen molar-refractivity contribution in [3.8, 4) is 0 Å². The lowest BCUT2D eigenvalue weighted by Crippen LogP contribution is -2.35. The number of hydrogen-bond acceptors (Lipinski definition) is 2. The third-order valence-corrected chi connectivity index (χ3v) is 4.87. The molecule has 0 atom stereocenters. The lowest BCUT2D eigenvalue weighted by Gasteiger charge is -2.27. The molecule has 116 valence electrons. The largest absolute Gasteiger partial charge is 0.385 e. The molecule has 1 aliphatic rings. The van der Waals surface area contributed by atoms with Crippen molar-refractivity contribution in [2.24, 2.45) is 5.41 Å². The van der Waals surface area contributed by atoms with Gasteiger partial charge in [-0.2, -0.15) is 0 Å². The minimum Gasteiger partial charge on any atom is -0.385 e. The summed E-state index contributed by atoms with van der Waals surface area (Å²) >= 11 is 6.04. The fourth-order valence-corrected chi connectivity index (χ4v) is 3.36. The number of amides is 1. The standard InChI is InChI=1S/C17H25ClN2O/c1-3-17(9-5-6-10-17)12-20-16(21)14-11-13(18)7-8-15(14)19-4-2/h7-8,11,19H,3-6,9-10,12H2,1-2H3,(H,20,21). The zero-order valence-electron chi connectivity index (χ0n) is 13.0. The van der Waals surface area contributed by atoms with Crippen molar-refractivity contribution < 1.29 is 4.79 Å². The first kappa shape index (κ1) is 16.2. The summed E-state index contributed by atoms with van der Waals surface area (Å²) in [5.41, 5.74) is 1.78. The Morgan fingerprint density at radius 1 is 1.29 bits per heavy atom. The Morgan fingerprint density at radius 2 is 2.00 bits per heavy atom. The molecule has 1 amide bonds. The Labute approximate surface area is 132 Å². The van der Waals surface area contributed by atoms with Gasteiger partial charge in [0.25, 0.3) is 5.91 Å². The van der Waals surface area contributed by atoms with Crippen molar-refractivity contribution in [3.63, 3.8) is 0 Å². The summed E-state index contributed by atoms with van der Waals surface area (Å²) in [6.45, 7) is 5.78. The van der Waals surface area contributed by atoms with E-state index < -0.39 is 0 Å². The highest BCUT2D eigenvalue weighted by Crippen LogP contribution is 2.40. The van der Waals surface area contributed by atoms with Crippen molar-refractivity contribution in [2.45, 2.75) is 46.0 Å². The summed E-state index contributed by atoms with van der Waals surface area (Å²) in [6, 6.07) is 5.41. The van der Waals surface area contributed by atoms with E-state index in [4.69, 9.17) is 11.6 Å². The van der Waals surface area contributed by atoms with Crippen LogP contribution in [0.25, 0.3) is 0 Å². The van der Waals surface area contributed by atoms with Crippen LogP contribution in [0, 0.1) is 5.41 Å². The number of carbonyl (C=O) groups is 1. The minimum atomic E-state index is -0.0341. The maximum atomic E-state index is 12.5. The van der Waals surface area contributed by atoms with Gasteiger partial charge in [-0.1, -0.05) is 31.4 Å². The first-order chi connectivity index (χ1) is 10.1. The molecule has 1 aliphatic carbocycles. The zero-order valence-corrected chi connectivity index (χ0v) is 13.7. The fraction of sp³-hybridized carbons (Fsp3) is 0.588. The number of carbonyl (C=O) groups excluding carboxylic acids is 1. The molecule has 0 saturated heterocycles. The molecule has 1 saturated carbocycles. The molecule has 2 N–H and O–H groups in total. The Balaban J connectivity index is 2.07. The van der Waals surface area contributed by atoms with Gasteiger partial charge in [-0.15, -0.1) is 0 Å². The monoisotopic (exact) mass is 308 g/mol. The van der Waals surface area contributed by atoms with E-state index in [0.717, 1.165) is 25.2 Å². The number of rotatable bonds is 6. The zero-order chi connectivity index (χ0) is 15.3. The SMILES string of the molecule is CCNc1ccc(Cl)cc1C(=O)NCC1(CC)CCCC1. The summed E-state index contributed by atoms with van der Waals surface area (Å²) in [4.78, 5) is 12.5. The van der Waals surface area contributed by atoms with E-state index in [-0.39, 0.29) is 5.91 Å². The molecule has 1 fully saturated rings. The van der Waals surface area contributed by atoms with Crippen molar-refractivity contribution in [1.29, 1.82) is 0 Å². The second kappa shape index (κ2) is 7.17. The van der Waals surface area contributed by atoms with Crippen LogP contribution in [0.5, 0.6) is 0 Å². The van der Waals surface area contributed by atoms with Gasteiger partial charge in [0.05, 0.1) is 5.56 Å². The van der Waals surface area contributed by atoms with E-state index in [1.165, 1.54) is 25.7 Å². The van der Waals surface area contributed by atoms with Gasteiger partial charge in [0.2, 0.25) is 0 Å². The van der Waals surface area contributed by atoms with Gasteiger partial charge in [-0.25, -0.2) is 0 Å². The van der Waals surface area contributed by atoms with Crippen molar-refractivity contribution in [2.75, 3.05) is 18.4 Å². The van der Waals surface area contributed by atoms with Crippen molar-refractivity contribution >= 4 is 23.2 Å². The summed E-state index contributed by atoms with van der Waals surface area (Å²) in [5, 5.41) is 6.93. The number of nitrogens with one attached hydrogen (secondary N) is 2. The molecular formula is C17H25ClN2O. The van der Waals surface area contributed by atoms with E-state index in [1.807, 2.05) is 13.0 Å². The molecule has 1 aromatic carbocycles. The average Bonchev–Trinajstić information content (AvgIpc) is 2.96. The lowest BCUT2D eigenvalue weighted by molar-refractivity contribution is 0.0929. The molecule has 0 unspecified atom stereocenters. The lowest BCUT2D eigenvalue weighted by atomic mass is 9.83. The summed E-state index contributed by atoms with van der Waals surface area (Å²) in [6.07, 6.45) is 6.13. The van der Waals surface area contributed by atoms with Crippen LogP contribution in [-0.4, -0.2) is 19.0 Å². The maximum Gasteiger partial charge on any atom is 0.253 e. The topological polar surface area (TPSA) is 41.1 Å². The Hall–Kier alpha value is -1.22. The van der Waals surface area contributed by atoms with E-state index >= 15 is 0 Å². The number of halogens is 1. The first-order valence-corrected chi connectivity index (χ1v) is 8.29. The van der Waals surface area contributed by atoms with Gasteiger partial charge < -0.3 is 10.6 Å². The molecule has 0 bridgehead atoms. The molecule has 1 aromatic rings. The highest BCUT2D eigenvalue weighted by Gasteiger charge is 2.32. The van der Waals surface area contributed by atoms with E-state index in [0.29, 0.717) is 16.0 Å². The van der Waals surface area contributed by atoms with Gasteiger partial charge in [-0.05, 0) is 49.8 Å². The van der Waals surface area contributed by atoms with Gasteiger partial charge >= 0.3 is 0 Å². The molecule has 21 heavy (non-hydrogen) atoms. The molecule has 0 aromatic heterocycles. The molecule has 0 spiro atoms. The third kappa shape index (κ3) is 3.91. The number of hydrogen-bond donors (Lipinski definition) is 2. The molecule has 0 aliphatic heterocycles. The van der Waals surface area contributed by atoms with E-state index in [9.17, 15) is 4.79 Å². The molecule has 2 rings (SSSR count). The Kier molecular flexibility index (Phi) is 5.51. The predicted molar refractivity (Wildman–Crippen MR) is 89.1 cm³/mol. The molecule has 0 heterocycles. The normalized spacial score (nSPS) is 16.7. The van der Waals surface area contributed by atoms with E-state index in [1.54, 1.807) is 12.1 Å². The summed E-state index contributed by atoms with van der Waals surface area (Å²) in [5.74, 6) is -0.0341. The van der Waals surface area contributed by atoms with Crippen LogP contribution in [0.4, 0.5) is 5.69 Å². The number of benzene rings is 1. The Morgan fingerprint density at radius 3 is 2.62 bits per heavy atom. The third-order valence-electron chi connectivity index (χ3n) is 4.63. The van der Waals surface area contributed by atoms with Crippen LogP contribution in [0.3, 0.4) is 0 Å². The molecular weight excluding hydrogens is 284 g/mol. The highest BCUT2D eigenvalue weighted by atomic mass is 35.5. The van der Waals surface area contributed by atoms with Crippen LogP contribution < -0.4 is 10.6 Å². The van der Waals surface area contributed by atoms with Gasteiger partial charge in [0.1, 0.15) is 0 Å². The van der Waals surface area contributed by atoms with Crippen LogP contribution in [0.2, 0.25) is 5.02 Å². The summed E-state index contributed by atoms with van der Waals surface area (Å²) < 4.78 is 0. The van der Waals surface area contributed by atoms with Crippen LogP contribution >= 0.6 is 11.6 Å². The summed E-state index contributed by atoms with van der Waals surface area (Å²) in [7, 11) is 0. The predicted octanol–water partition coefficient (Wildman–Crippen LogP) is 4.47. The van der Waals surface area contributed by atoms with Crippen molar-refractivity contribution in [3.05, 3.63) is 28.8 Å². The fourth-order valence-electron chi connectivity index (χ4n) is 3.19. The smallest absolute Gasteiger partial charge is 0.253 e. The van der Waals surface area contributed by atoms with Gasteiger partial charge in [0, 0.05) is 23.8 Å². The molecule has 3 nitrogen and oxygen atoms in total. The molecule has 0 radical (unpaired) electrons. The van der Waals surface area contributed by atoms with Gasteiger partial charge in [0.15, 0.2) is 0 Å². The quantitative estimate of drug-likeness (QED) is 0.814. The minimum absolute atomic E-state index is 0.0341. The van der Waals surface area contributed by atoms with Crippen LogP contribution in [0.15, 0.2) is 18.2 Å². The van der Waals surface area contributed by atoms with Gasteiger partial charge in [-0.3, -0.25) is 4.79 Å². The second-order valence-electron chi connectivity index (χ2n) is 5.96. The molecule has 4 heteroatoms. The second-order valence-corrected chi connectivity index (χ2v) is 6.40. The first-order valence-electron chi connectivity index (χ1n) is 7.92. The number of anilines is 1. The Bertz CT molecular complexity index is 496.